The van der Waals surface area contributed by atoms with Gasteiger partial charge in [0.25, 0.3) is 0 Å². The largest absolute Gasteiger partial charge is 0.237 e. The van der Waals surface area contributed by atoms with E-state index >= 15 is 0 Å². The lowest BCUT2D eigenvalue weighted by Crippen LogP contribution is -2.21. The Balaban J connectivity index is 3.59. The first-order valence-electron chi connectivity index (χ1n) is 3.24. The Hall–Kier alpha value is 0.310. The van der Waals surface area contributed by atoms with Crippen molar-refractivity contribution in [3.63, 3.8) is 0 Å². The predicted molar refractivity (Wildman–Crippen MR) is 42.4 cm³/mol. The zero-order valence-electron chi connectivity index (χ0n) is 6.35. The lowest BCUT2D eigenvalue weighted by atomic mass is 9.90. The van der Waals surface area contributed by atoms with Crippen LogP contribution >= 0.6 is 12.6 Å². The molecule has 0 spiro atoms. The first-order chi connectivity index (χ1) is 3.98. The summed E-state index contributed by atoms with van der Waals surface area (Å²) < 4.78 is 0. The number of rotatable bonds is 2. The summed E-state index contributed by atoms with van der Waals surface area (Å²) in [7, 11) is 0. The van der Waals surface area contributed by atoms with Gasteiger partial charge in [-0.15, -0.1) is 0 Å². The van der Waals surface area contributed by atoms with E-state index in [9.17, 15) is 5.11 Å². The van der Waals surface area contributed by atoms with Crippen LogP contribution in [0.2, 0.25) is 0 Å². The second-order valence-electron chi connectivity index (χ2n) is 3.37. The minimum absolute atomic E-state index is 0.00850. The molecule has 0 bridgehead atoms. The van der Waals surface area contributed by atoms with Gasteiger partial charge in [-0.25, -0.2) is 5.11 Å². The van der Waals surface area contributed by atoms with Gasteiger partial charge in [0.15, 0.2) is 0 Å². The van der Waals surface area contributed by atoms with Crippen LogP contribution in [-0.2, 0) is 5.11 Å². The average molecular weight is 147 g/mol. The Morgan fingerprint density at radius 3 is 2.00 bits per heavy atom. The maximum absolute atomic E-state index is 10.1. The SMILES string of the molecule is CC(C)(C)C(S)CC[O]. The molecule has 1 nitrogen and oxygen atoms in total. The molecule has 9 heavy (non-hydrogen) atoms. The summed E-state index contributed by atoms with van der Waals surface area (Å²) in [6.45, 7) is 6.28. The van der Waals surface area contributed by atoms with Crippen LogP contribution in [0.15, 0.2) is 0 Å². The van der Waals surface area contributed by atoms with Crippen molar-refractivity contribution in [2.24, 2.45) is 5.41 Å². The van der Waals surface area contributed by atoms with Crippen LogP contribution in [0.5, 0.6) is 0 Å². The summed E-state index contributed by atoms with van der Waals surface area (Å²) in [5.41, 5.74) is 0.174. The molecule has 1 unspecified atom stereocenters. The molecule has 0 N–H and O–H groups in total. The third-order valence-corrected chi connectivity index (χ3v) is 2.42. The van der Waals surface area contributed by atoms with Crippen LogP contribution in [0.25, 0.3) is 0 Å². The normalized spacial score (nSPS) is 15.7. The van der Waals surface area contributed by atoms with Gasteiger partial charge >= 0.3 is 0 Å². The summed E-state index contributed by atoms with van der Waals surface area (Å²) in [6.07, 6.45) is 0.673. The quantitative estimate of drug-likeness (QED) is 0.577. The van der Waals surface area contributed by atoms with Gasteiger partial charge in [-0.1, -0.05) is 20.8 Å². The fourth-order valence-electron chi connectivity index (χ4n) is 0.545. The summed E-state index contributed by atoms with van der Waals surface area (Å²) in [4.78, 5) is 0. The highest BCUT2D eigenvalue weighted by Crippen LogP contribution is 2.25. The Labute approximate surface area is 62.9 Å². The van der Waals surface area contributed by atoms with Crippen molar-refractivity contribution in [2.75, 3.05) is 6.61 Å². The molecular formula is C7H15OS. The summed E-state index contributed by atoms with van der Waals surface area (Å²) in [5, 5.41) is 10.4. The second-order valence-corrected chi connectivity index (χ2v) is 4.00. The molecule has 0 aliphatic carbocycles. The van der Waals surface area contributed by atoms with Crippen LogP contribution in [0, 0.1) is 5.41 Å². The Morgan fingerprint density at radius 1 is 1.44 bits per heavy atom. The minimum atomic E-state index is -0.00850. The number of thiol groups is 1. The van der Waals surface area contributed by atoms with Gasteiger partial charge in [0.05, 0.1) is 6.61 Å². The van der Waals surface area contributed by atoms with Crippen LogP contribution in [0.3, 0.4) is 0 Å². The van der Waals surface area contributed by atoms with Crippen LogP contribution < -0.4 is 0 Å². The van der Waals surface area contributed by atoms with Gasteiger partial charge in [-0.05, 0) is 11.8 Å². The standard InChI is InChI=1S/C7H15OS/c1-7(2,3)6(9)4-5-8/h6,9H,4-5H2,1-3H3. The molecular weight excluding hydrogens is 132 g/mol. The van der Waals surface area contributed by atoms with Crippen molar-refractivity contribution in [1.29, 1.82) is 0 Å². The highest BCUT2D eigenvalue weighted by atomic mass is 32.1. The lowest BCUT2D eigenvalue weighted by Gasteiger charge is -2.24. The molecule has 0 heterocycles. The van der Waals surface area contributed by atoms with Crippen molar-refractivity contribution >= 4 is 12.6 Å². The van der Waals surface area contributed by atoms with Gasteiger partial charge in [0.2, 0.25) is 0 Å². The van der Waals surface area contributed by atoms with E-state index in [2.05, 4.69) is 33.4 Å². The van der Waals surface area contributed by atoms with Crippen LogP contribution in [0.4, 0.5) is 0 Å². The molecule has 0 aromatic rings. The molecule has 0 aliphatic rings. The zero-order chi connectivity index (χ0) is 7.49. The lowest BCUT2D eigenvalue weighted by molar-refractivity contribution is 0.176. The summed E-state index contributed by atoms with van der Waals surface area (Å²) in [5.74, 6) is 0. The molecule has 0 fully saturated rings. The smallest absolute Gasteiger partial charge is 0.0833 e. The Bertz CT molecular complexity index is 75.5. The Kier molecular flexibility index (Phi) is 3.59. The molecule has 0 amide bonds. The van der Waals surface area contributed by atoms with Crippen molar-refractivity contribution in [3.8, 4) is 0 Å². The minimum Gasteiger partial charge on any atom is -0.237 e. The van der Waals surface area contributed by atoms with Crippen LogP contribution in [0.1, 0.15) is 27.2 Å². The first-order valence-corrected chi connectivity index (χ1v) is 3.76. The number of hydrogen-bond acceptors (Lipinski definition) is 1. The monoisotopic (exact) mass is 147 g/mol. The van der Waals surface area contributed by atoms with E-state index in [-0.39, 0.29) is 17.3 Å². The molecule has 0 saturated heterocycles. The topological polar surface area (TPSA) is 19.9 Å². The van der Waals surface area contributed by atoms with Crippen molar-refractivity contribution in [2.45, 2.75) is 32.4 Å². The molecule has 1 radical (unpaired) electrons. The summed E-state index contributed by atoms with van der Waals surface area (Å²) in [6, 6.07) is 0. The van der Waals surface area contributed by atoms with E-state index in [1.54, 1.807) is 0 Å². The van der Waals surface area contributed by atoms with Gasteiger partial charge in [-0.2, -0.15) is 12.6 Å². The number of hydrogen-bond donors (Lipinski definition) is 1. The third-order valence-electron chi connectivity index (χ3n) is 1.39. The van der Waals surface area contributed by atoms with Gasteiger partial charge in [0, 0.05) is 5.25 Å². The van der Waals surface area contributed by atoms with Gasteiger partial charge in [0.1, 0.15) is 0 Å². The van der Waals surface area contributed by atoms with E-state index in [0.717, 1.165) is 0 Å². The second kappa shape index (κ2) is 3.47. The van der Waals surface area contributed by atoms with Gasteiger partial charge in [-0.3, -0.25) is 0 Å². The van der Waals surface area contributed by atoms with E-state index in [1.165, 1.54) is 0 Å². The van der Waals surface area contributed by atoms with E-state index < -0.39 is 0 Å². The third kappa shape index (κ3) is 3.82. The van der Waals surface area contributed by atoms with Crippen molar-refractivity contribution < 1.29 is 5.11 Å². The molecule has 0 aromatic heterocycles. The molecule has 55 valence electrons. The van der Waals surface area contributed by atoms with E-state index in [0.29, 0.717) is 6.42 Å². The molecule has 0 aromatic carbocycles. The van der Waals surface area contributed by atoms with E-state index in [4.69, 9.17) is 0 Å². The first kappa shape index (κ1) is 9.31. The molecule has 0 rings (SSSR count). The maximum Gasteiger partial charge on any atom is 0.0833 e. The molecule has 1 atom stereocenters. The van der Waals surface area contributed by atoms with Crippen molar-refractivity contribution in [1.82, 2.24) is 0 Å². The van der Waals surface area contributed by atoms with Crippen LogP contribution in [-0.4, -0.2) is 11.9 Å². The molecule has 2 heteroatoms. The molecule has 0 saturated carbocycles. The van der Waals surface area contributed by atoms with Gasteiger partial charge < -0.3 is 0 Å². The highest BCUT2D eigenvalue weighted by molar-refractivity contribution is 7.81. The fraction of sp³-hybridized carbons (Fsp3) is 1.00. The predicted octanol–water partition coefficient (Wildman–Crippen LogP) is 2.15. The average Bonchev–Trinajstić information content (AvgIpc) is 1.64. The van der Waals surface area contributed by atoms with Crippen molar-refractivity contribution in [3.05, 3.63) is 0 Å². The highest BCUT2D eigenvalue weighted by Gasteiger charge is 2.19. The fourth-order valence-corrected chi connectivity index (χ4v) is 0.650. The van der Waals surface area contributed by atoms with E-state index in [1.807, 2.05) is 0 Å². The zero-order valence-corrected chi connectivity index (χ0v) is 7.24. The molecule has 0 aliphatic heterocycles. The summed E-state index contributed by atoms with van der Waals surface area (Å²) >= 11 is 4.29. The maximum atomic E-state index is 10.1. The Morgan fingerprint density at radius 2 is 1.89 bits per heavy atom.